The largest absolute Gasteiger partial charge is 0.508 e. The van der Waals surface area contributed by atoms with Gasteiger partial charge in [0, 0.05) is 12.8 Å². The summed E-state index contributed by atoms with van der Waals surface area (Å²) in [4.78, 5) is 39.3. The van der Waals surface area contributed by atoms with Crippen molar-refractivity contribution in [1.29, 1.82) is 0 Å². The Hall–Kier alpha value is -3.67. The van der Waals surface area contributed by atoms with Crippen LogP contribution in [0, 0.1) is 5.92 Å². The minimum Gasteiger partial charge on any atom is -0.508 e. The van der Waals surface area contributed by atoms with Crippen LogP contribution in [0.25, 0.3) is 0 Å². The average molecular weight is 449 g/mol. The molecule has 0 aliphatic heterocycles. The second-order valence-electron chi connectivity index (χ2n) is 7.62. The number of rotatable bonds is 11. The van der Waals surface area contributed by atoms with Crippen molar-refractivity contribution >= 4 is 18.0 Å². The molecule has 0 saturated heterocycles. The lowest BCUT2D eigenvalue weighted by molar-refractivity contribution is -0.139. The summed E-state index contributed by atoms with van der Waals surface area (Å²) in [7, 11) is 0. The molecule has 0 bridgehead atoms. The molecule has 3 atom stereocenters. The van der Waals surface area contributed by atoms with Crippen LogP contribution in [-0.4, -0.2) is 49.5 Å². The maximum atomic E-state index is 12.5. The predicted molar refractivity (Wildman–Crippen MR) is 111 cm³/mol. The molecule has 32 heavy (non-hydrogen) atoms. The van der Waals surface area contributed by atoms with Crippen LogP contribution in [0.2, 0.25) is 0 Å². The fourth-order valence-electron chi connectivity index (χ4n) is 2.77. The number of phenolic OH excluding ortho intramolecular Hbond substituents is 1. The molecule has 0 fully saturated rings. The molecule has 1 aromatic carbocycles. The van der Waals surface area contributed by atoms with Crippen molar-refractivity contribution in [3.8, 4) is 5.75 Å². The van der Waals surface area contributed by atoms with Gasteiger partial charge in [-0.3, -0.25) is 4.79 Å². The van der Waals surface area contributed by atoms with Crippen LogP contribution >= 0.6 is 0 Å². The number of hydrogen-bond donors (Lipinski definition) is 6. The minimum absolute atomic E-state index is 0.0189. The monoisotopic (exact) mass is 449 g/mol. The third kappa shape index (κ3) is 7.23. The number of aromatic hydroxyl groups is 1. The topological polar surface area (TPSA) is 201 Å². The van der Waals surface area contributed by atoms with Crippen LogP contribution in [-0.2, 0) is 16.0 Å². The Kier molecular flexibility index (Phi) is 8.53. The number of phenols is 1. The van der Waals surface area contributed by atoms with E-state index in [1.54, 1.807) is 12.1 Å². The van der Waals surface area contributed by atoms with E-state index in [4.69, 9.17) is 15.4 Å². The summed E-state index contributed by atoms with van der Waals surface area (Å²) in [5.41, 5.74) is 6.58. The van der Waals surface area contributed by atoms with Crippen LogP contribution in [0.3, 0.4) is 0 Å². The molecule has 0 aliphatic carbocycles. The number of hydrogen-bond acceptors (Lipinski definition) is 8. The van der Waals surface area contributed by atoms with Crippen molar-refractivity contribution in [2.45, 2.75) is 51.2 Å². The van der Waals surface area contributed by atoms with E-state index in [9.17, 15) is 24.6 Å². The molecule has 1 aromatic heterocycles. The zero-order valence-corrected chi connectivity index (χ0v) is 17.7. The van der Waals surface area contributed by atoms with Gasteiger partial charge in [-0.05, 0) is 30.0 Å². The first-order valence-corrected chi connectivity index (χ1v) is 9.95. The van der Waals surface area contributed by atoms with Gasteiger partial charge in [0.2, 0.25) is 5.89 Å². The summed E-state index contributed by atoms with van der Waals surface area (Å²) in [5, 5.41) is 36.4. The van der Waals surface area contributed by atoms with Gasteiger partial charge in [-0.25, -0.2) is 9.59 Å². The number of amides is 2. The van der Waals surface area contributed by atoms with Crippen molar-refractivity contribution in [2.24, 2.45) is 11.7 Å². The maximum Gasteiger partial charge on any atom is 0.326 e. The highest BCUT2D eigenvalue weighted by atomic mass is 16.5. The Labute approximate surface area is 183 Å². The third-order valence-corrected chi connectivity index (χ3v) is 4.70. The minimum atomic E-state index is -1.27. The maximum absolute atomic E-state index is 12.5. The quantitative estimate of drug-likeness (QED) is 0.290. The van der Waals surface area contributed by atoms with Gasteiger partial charge >= 0.3 is 18.0 Å². The Balaban J connectivity index is 2.11. The SMILES string of the molecule is CC(C)C(N)c1noc([C@@H](CCC(=O)O)NC(=O)N[C@@H](Cc2ccc(O)cc2)C(=O)O)n1. The highest BCUT2D eigenvalue weighted by molar-refractivity contribution is 5.83. The molecular formula is C20H27N5O7. The highest BCUT2D eigenvalue weighted by Crippen LogP contribution is 2.21. The van der Waals surface area contributed by atoms with Gasteiger partial charge in [0.05, 0.1) is 6.04 Å². The molecular weight excluding hydrogens is 422 g/mol. The molecule has 0 aliphatic rings. The molecule has 1 unspecified atom stereocenters. The Morgan fingerprint density at radius 3 is 2.34 bits per heavy atom. The van der Waals surface area contributed by atoms with E-state index >= 15 is 0 Å². The van der Waals surface area contributed by atoms with Gasteiger partial charge in [-0.1, -0.05) is 31.1 Å². The number of aromatic nitrogens is 2. The lowest BCUT2D eigenvalue weighted by Gasteiger charge is -2.19. The number of carbonyl (C=O) groups is 3. The highest BCUT2D eigenvalue weighted by Gasteiger charge is 2.27. The fraction of sp³-hybridized carbons (Fsp3) is 0.450. The van der Waals surface area contributed by atoms with Crippen LogP contribution in [0.5, 0.6) is 5.75 Å². The van der Waals surface area contributed by atoms with Crippen LogP contribution in [0.1, 0.15) is 56.1 Å². The Morgan fingerprint density at radius 2 is 1.78 bits per heavy atom. The number of nitrogens with one attached hydrogen (secondary N) is 2. The first kappa shape index (κ1) is 24.6. The first-order valence-electron chi connectivity index (χ1n) is 9.95. The summed E-state index contributed by atoms with van der Waals surface area (Å²) < 4.78 is 5.17. The number of carboxylic acids is 2. The van der Waals surface area contributed by atoms with Crippen molar-refractivity contribution in [3.05, 3.63) is 41.5 Å². The number of nitrogens with two attached hydrogens (primary N) is 1. The standard InChI is InChI=1S/C20H27N5O7/c1-10(2)16(21)17-24-18(32-25-17)13(7-8-15(27)28)22-20(31)23-14(19(29)30)9-11-3-5-12(26)6-4-11/h3-6,10,13-14,16,26H,7-9,21H2,1-2H3,(H,27,28)(H,29,30)(H2,22,23,31)/t13-,14+,16?/m1/s1. The number of carboxylic acid groups (broad SMARTS) is 2. The summed E-state index contributed by atoms with van der Waals surface area (Å²) >= 11 is 0. The molecule has 2 aromatic rings. The zero-order chi connectivity index (χ0) is 23.8. The fourth-order valence-corrected chi connectivity index (χ4v) is 2.77. The molecule has 174 valence electrons. The normalized spacial score (nSPS) is 13.9. The number of carbonyl (C=O) groups excluding carboxylic acids is 1. The molecule has 12 heteroatoms. The lowest BCUT2D eigenvalue weighted by Crippen LogP contribution is -2.48. The molecule has 12 nitrogen and oxygen atoms in total. The molecule has 0 radical (unpaired) electrons. The van der Waals surface area contributed by atoms with Gasteiger partial charge in [0.25, 0.3) is 0 Å². The van der Waals surface area contributed by atoms with Crippen molar-refractivity contribution in [2.75, 3.05) is 0 Å². The first-order chi connectivity index (χ1) is 15.1. The number of urea groups is 1. The lowest BCUT2D eigenvalue weighted by atomic mass is 10.1. The van der Waals surface area contributed by atoms with Crippen molar-refractivity contribution in [3.63, 3.8) is 0 Å². The van der Waals surface area contributed by atoms with Crippen molar-refractivity contribution < 1.29 is 34.2 Å². The van der Waals surface area contributed by atoms with E-state index in [1.807, 2.05) is 13.8 Å². The second-order valence-corrected chi connectivity index (χ2v) is 7.62. The number of nitrogens with zero attached hydrogens (tertiary/aromatic N) is 2. The molecule has 7 N–H and O–H groups in total. The van der Waals surface area contributed by atoms with Crippen LogP contribution < -0.4 is 16.4 Å². The van der Waals surface area contributed by atoms with E-state index in [2.05, 4.69) is 20.8 Å². The van der Waals surface area contributed by atoms with E-state index in [0.29, 0.717) is 5.56 Å². The Morgan fingerprint density at radius 1 is 1.12 bits per heavy atom. The van der Waals surface area contributed by atoms with Gasteiger partial charge in [0.1, 0.15) is 17.8 Å². The predicted octanol–water partition coefficient (Wildman–Crippen LogP) is 1.33. The summed E-state index contributed by atoms with van der Waals surface area (Å²) in [6.45, 7) is 3.74. The van der Waals surface area contributed by atoms with Gasteiger partial charge in [-0.2, -0.15) is 4.98 Å². The molecule has 0 saturated carbocycles. The smallest absolute Gasteiger partial charge is 0.326 e. The molecule has 2 rings (SSSR count). The number of benzene rings is 1. The van der Waals surface area contributed by atoms with Gasteiger partial charge in [-0.15, -0.1) is 0 Å². The van der Waals surface area contributed by atoms with E-state index in [0.717, 1.165) is 0 Å². The van der Waals surface area contributed by atoms with Crippen LogP contribution in [0.4, 0.5) is 4.79 Å². The summed E-state index contributed by atoms with van der Waals surface area (Å²) in [6, 6.07) is 2.30. The van der Waals surface area contributed by atoms with E-state index in [-0.39, 0.29) is 42.6 Å². The third-order valence-electron chi connectivity index (χ3n) is 4.70. The zero-order valence-electron chi connectivity index (χ0n) is 17.7. The summed E-state index contributed by atoms with van der Waals surface area (Å²) in [5.74, 6) is -2.12. The molecule has 1 heterocycles. The van der Waals surface area contributed by atoms with Crippen molar-refractivity contribution in [1.82, 2.24) is 20.8 Å². The molecule has 0 spiro atoms. The molecule has 2 amide bonds. The average Bonchev–Trinajstić information content (AvgIpc) is 3.21. The van der Waals surface area contributed by atoms with Crippen LogP contribution in [0.15, 0.2) is 28.8 Å². The van der Waals surface area contributed by atoms with E-state index < -0.39 is 36.1 Å². The van der Waals surface area contributed by atoms with Gasteiger partial charge < -0.3 is 36.2 Å². The number of aliphatic carboxylic acids is 2. The summed E-state index contributed by atoms with van der Waals surface area (Å²) in [6.07, 6.45) is -0.386. The van der Waals surface area contributed by atoms with Gasteiger partial charge in [0.15, 0.2) is 5.82 Å². The van der Waals surface area contributed by atoms with E-state index in [1.165, 1.54) is 12.1 Å². The Bertz CT molecular complexity index is 929. The second kappa shape index (κ2) is 11.1.